The Morgan fingerprint density at radius 3 is 2.78 bits per heavy atom. The van der Waals surface area contributed by atoms with E-state index in [2.05, 4.69) is 38.0 Å². The van der Waals surface area contributed by atoms with Crippen molar-refractivity contribution in [3.05, 3.63) is 59.1 Å². The lowest BCUT2D eigenvalue weighted by Crippen LogP contribution is -2.31. The molecular formula is C30H35F2N5O3S. The minimum absolute atomic E-state index is 0.133. The van der Waals surface area contributed by atoms with Crippen molar-refractivity contribution in [2.75, 3.05) is 20.7 Å². The van der Waals surface area contributed by atoms with E-state index in [-0.39, 0.29) is 29.7 Å². The molecule has 3 N–H and O–H groups in total. The minimum atomic E-state index is -2.78. The van der Waals surface area contributed by atoms with Crippen LogP contribution in [0.15, 0.2) is 47.3 Å². The maximum absolute atomic E-state index is 13.6. The van der Waals surface area contributed by atoms with Gasteiger partial charge in [-0.1, -0.05) is 48.7 Å². The Morgan fingerprint density at radius 1 is 1.29 bits per heavy atom. The van der Waals surface area contributed by atoms with Gasteiger partial charge >= 0.3 is 0 Å². The second kappa shape index (κ2) is 14.4. The number of ether oxygens (including phenoxy) is 2. The summed E-state index contributed by atoms with van der Waals surface area (Å²) in [6.45, 7) is 3.79. The molecule has 0 radical (unpaired) electrons. The maximum Gasteiger partial charge on any atom is 0.280 e. The van der Waals surface area contributed by atoms with Gasteiger partial charge in [0.2, 0.25) is 0 Å². The lowest BCUT2D eigenvalue weighted by Gasteiger charge is -2.20. The molecule has 0 spiro atoms. The number of rotatable bonds is 12. The lowest BCUT2D eigenvalue weighted by molar-refractivity contribution is 0.0942. The molecule has 1 saturated carbocycles. The van der Waals surface area contributed by atoms with Crippen LogP contribution in [0.3, 0.4) is 0 Å². The average Bonchev–Trinajstić information content (AvgIpc) is 3.70. The summed E-state index contributed by atoms with van der Waals surface area (Å²) in [7, 11) is 3.24. The number of aromatic nitrogens is 1. The van der Waals surface area contributed by atoms with E-state index < -0.39 is 12.1 Å². The summed E-state index contributed by atoms with van der Waals surface area (Å²) >= 11 is 1.41. The fraction of sp³-hybridized carbons (Fsp3) is 0.433. The van der Waals surface area contributed by atoms with Crippen LogP contribution in [-0.4, -0.2) is 48.2 Å². The number of hydrogen-bond donors (Lipinski definition) is 3. The van der Waals surface area contributed by atoms with Gasteiger partial charge in [-0.05, 0) is 56.5 Å². The van der Waals surface area contributed by atoms with Gasteiger partial charge in [0.15, 0.2) is 17.2 Å². The summed E-state index contributed by atoms with van der Waals surface area (Å²) in [4.78, 5) is 21.7. The molecule has 218 valence electrons. The number of hydrogen-bond acceptors (Lipinski definition) is 8. The zero-order valence-electron chi connectivity index (χ0n) is 23.6. The Kier molecular flexibility index (Phi) is 10.7. The number of benzene rings is 1. The van der Waals surface area contributed by atoms with Crippen LogP contribution < -0.4 is 20.9 Å². The standard InChI is InChI=1S/C30H35F2N5O3S/c1-5-6-18(2)40-27(33-3)14-20-9-11-21(22(13-20)23-15-24(29(31)32)34-17-26(23)39-4)25(38)16-35-30-37-36-28(41-30)12-10-19-7-8-19/h6,9,11,13,15,17,19,27-29,33,36H,5,7-8,14,16H2,1-4H3,(H,35,37)/b18-6+. The first-order valence-electron chi connectivity index (χ1n) is 13.5. The molecule has 2 heterocycles. The molecule has 2 aromatic rings. The molecule has 4 rings (SSSR count). The summed E-state index contributed by atoms with van der Waals surface area (Å²) in [6.07, 6.45) is 3.74. The van der Waals surface area contributed by atoms with Crippen LogP contribution in [0.25, 0.3) is 11.1 Å². The first-order valence-corrected chi connectivity index (χ1v) is 14.4. The highest BCUT2D eigenvalue weighted by Crippen LogP contribution is 2.36. The predicted octanol–water partition coefficient (Wildman–Crippen LogP) is 5.23. The van der Waals surface area contributed by atoms with Gasteiger partial charge in [-0.15, -0.1) is 0 Å². The molecule has 1 saturated heterocycles. The number of nitrogens with zero attached hydrogens (tertiary/aromatic N) is 2. The number of allylic oxidation sites excluding steroid dienone is 2. The number of thioether (sulfide) groups is 1. The average molecular weight is 584 g/mol. The van der Waals surface area contributed by atoms with Gasteiger partial charge in [0.1, 0.15) is 23.4 Å². The number of carbonyl (C=O) groups excluding carboxylic acids is 1. The number of hydrazine groups is 1. The summed E-state index contributed by atoms with van der Waals surface area (Å²) < 4.78 is 38.7. The third-order valence-electron chi connectivity index (χ3n) is 6.47. The van der Waals surface area contributed by atoms with Crippen LogP contribution in [-0.2, 0) is 11.2 Å². The monoisotopic (exact) mass is 583 g/mol. The van der Waals surface area contributed by atoms with Crippen molar-refractivity contribution in [2.24, 2.45) is 10.9 Å². The van der Waals surface area contributed by atoms with Crippen molar-refractivity contribution < 1.29 is 23.0 Å². The Morgan fingerprint density at radius 2 is 2.10 bits per heavy atom. The lowest BCUT2D eigenvalue weighted by atomic mass is 9.93. The first kappa shape index (κ1) is 30.5. The molecule has 11 heteroatoms. The topological polar surface area (TPSA) is 96.9 Å². The summed E-state index contributed by atoms with van der Waals surface area (Å²) in [5.74, 6) is 7.68. The van der Waals surface area contributed by atoms with Crippen molar-refractivity contribution in [1.82, 2.24) is 21.2 Å². The highest BCUT2D eigenvalue weighted by molar-refractivity contribution is 8.14. The van der Waals surface area contributed by atoms with E-state index in [9.17, 15) is 13.6 Å². The summed E-state index contributed by atoms with van der Waals surface area (Å²) in [5.41, 5.74) is 7.62. The van der Waals surface area contributed by atoms with Crippen molar-refractivity contribution in [3.8, 4) is 28.7 Å². The van der Waals surface area contributed by atoms with E-state index in [0.29, 0.717) is 34.2 Å². The number of aliphatic imine (C=N–C) groups is 1. The van der Waals surface area contributed by atoms with E-state index in [4.69, 9.17) is 9.47 Å². The van der Waals surface area contributed by atoms with Crippen molar-refractivity contribution in [1.29, 1.82) is 0 Å². The molecule has 1 aliphatic carbocycles. The molecule has 2 atom stereocenters. The highest BCUT2D eigenvalue weighted by atomic mass is 32.2. The number of methoxy groups -OCH3 is 1. The van der Waals surface area contributed by atoms with Crippen LogP contribution in [0.4, 0.5) is 8.78 Å². The van der Waals surface area contributed by atoms with Crippen LogP contribution in [0.2, 0.25) is 0 Å². The smallest absolute Gasteiger partial charge is 0.280 e. The molecule has 2 unspecified atom stereocenters. The van der Waals surface area contributed by atoms with Crippen LogP contribution in [0.1, 0.15) is 61.2 Å². The zero-order valence-corrected chi connectivity index (χ0v) is 24.4. The van der Waals surface area contributed by atoms with Crippen molar-refractivity contribution in [2.45, 2.75) is 57.6 Å². The number of likely N-dealkylation sites (N-methyl/N-ethyl adjacent to an activating group) is 1. The van der Waals surface area contributed by atoms with Crippen LogP contribution in [0.5, 0.6) is 5.75 Å². The number of carbonyl (C=O) groups is 1. The second-order valence-electron chi connectivity index (χ2n) is 9.69. The molecule has 0 amide bonds. The number of alkyl halides is 2. The molecule has 8 nitrogen and oxygen atoms in total. The highest BCUT2D eigenvalue weighted by Gasteiger charge is 2.23. The number of nitrogens with one attached hydrogen (secondary N) is 3. The summed E-state index contributed by atoms with van der Waals surface area (Å²) in [5, 5.41) is 3.58. The SMILES string of the molecule is CC/C=C(\C)OC(Cc1ccc(C(=O)CN=C2NNC(C#CC3CC3)S2)c(-c2cc(C(F)F)ncc2OC)c1)NC. The van der Waals surface area contributed by atoms with Crippen molar-refractivity contribution in [3.63, 3.8) is 0 Å². The van der Waals surface area contributed by atoms with Crippen LogP contribution in [0, 0.1) is 17.8 Å². The largest absolute Gasteiger partial charge is 0.494 e. The van der Waals surface area contributed by atoms with Gasteiger partial charge in [0.25, 0.3) is 6.43 Å². The Labute approximate surface area is 243 Å². The fourth-order valence-corrected chi connectivity index (χ4v) is 4.93. The Hall–Kier alpha value is -3.46. The maximum atomic E-state index is 13.6. The molecule has 0 bridgehead atoms. The van der Waals surface area contributed by atoms with Gasteiger partial charge in [0.05, 0.1) is 19.1 Å². The number of amidine groups is 1. The van der Waals surface area contributed by atoms with E-state index in [1.807, 2.05) is 32.1 Å². The first-order chi connectivity index (χ1) is 19.8. The number of ketones is 1. The normalized spacial score (nSPS) is 18.6. The molecule has 1 aromatic heterocycles. The van der Waals surface area contributed by atoms with Gasteiger partial charge in [-0.2, -0.15) is 0 Å². The third kappa shape index (κ3) is 8.52. The predicted molar refractivity (Wildman–Crippen MR) is 158 cm³/mol. The quantitative estimate of drug-likeness (QED) is 0.135. The molecular weight excluding hydrogens is 548 g/mol. The third-order valence-corrected chi connectivity index (χ3v) is 7.40. The van der Waals surface area contributed by atoms with Gasteiger partial charge in [-0.3, -0.25) is 25.5 Å². The Bertz CT molecular complexity index is 1370. The number of halogens is 2. The van der Waals surface area contributed by atoms with E-state index in [0.717, 1.165) is 30.6 Å². The second-order valence-corrected chi connectivity index (χ2v) is 10.8. The van der Waals surface area contributed by atoms with Gasteiger partial charge < -0.3 is 9.47 Å². The van der Waals surface area contributed by atoms with Gasteiger partial charge in [-0.25, -0.2) is 14.2 Å². The molecule has 2 aliphatic rings. The number of pyridine rings is 1. The van der Waals surface area contributed by atoms with Crippen molar-refractivity contribution >= 4 is 22.7 Å². The molecule has 2 fully saturated rings. The fourth-order valence-electron chi connectivity index (χ4n) is 4.20. The zero-order chi connectivity index (χ0) is 29.4. The number of Topliss-reactive ketones (excluding diaryl/α,β-unsaturated/α-hetero) is 1. The van der Waals surface area contributed by atoms with E-state index in [1.165, 1.54) is 31.1 Å². The van der Waals surface area contributed by atoms with E-state index in [1.54, 1.807) is 13.1 Å². The van der Waals surface area contributed by atoms with Gasteiger partial charge in [0, 0.05) is 23.5 Å². The summed E-state index contributed by atoms with van der Waals surface area (Å²) in [6, 6.07) is 6.63. The van der Waals surface area contributed by atoms with E-state index >= 15 is 0 Å². The minimum Gasteiger partial charge on any atom is -0.494 e. The molecule has 1 aromatic carbocycles. The van der Waals surface area contributed by atoms with Crippen LogP contribution >= 0.6 is 11.8 Å². The molecule has 1 aliphatic heterocycles. The Balaban J connectivity index is 1.63. The molecule has 41 heavy (non-hydrogen) atoms.